The Hall–Kier alpha value is -0.970. The Morgan fingerprint density at radius 2 is 2.23 bits per heavy atom. The van der Waals surface area contributed by atoms with Crippen LogP contribution in [0.4, 0.5) is 0 Å². The Labute approximate surface area is 82.8 Å². The number of amidine groups is 1. The van der Waals surface area contributed by atoms with Gasteiger partial charge >= 0.3 is 0 Å². The number of ketones is 1. The van der Waals surface area contributed by atoms with Crippen molar-refractivity contribution in [1.82, 2.24) is 10.9 Å². The van der Waals surface area contributed by atoms with Crippen molar-refractivity contribution in [3.8, 4) is 0 Å². The number of hydrogen-bond donors (Lipinski definition) is 2. The molecule has 1 aliphatic rings. The average Bonchev–Trinajstić information content (AvgIpc) is 2.47. The van der Waals surface area contributed by atoms with E-state index in [-0.39, 0.29) is 11.7 Å². The highest BCUT2D eigenvalue weighted by Gasteiger charge is 2.32. The van der Waals surface area contributed by atoms with Gasteiger partial charge in [0.2, 0.25) is 0 Å². The lowest BCUT2D eigenvalue weighted by Gasteiger charge is -2.04. The van der Waals surface area contributed by atoms with Crippen molar-refractivity contribution < 1.29 is 4.79 Å². The summed E-state index contributed by atoms with van der Waals surface area (Å²) in [4.78, 5) is 16.1. The van der Waals surface area contributed by atoms with E-state index in [0.29, 0.717) is 23.8 Å². The molecule has 0 amide bonds. The number of hydrazine groups is 1. The second-order valence-corrected chi connectivity index (χ2v) is 3.17. The normalized spacial score (nSPS) is 24.3. The Morgan fingerprint density at radius 3 is 2.77 bits per heavy atom. The highest BCUT2D eigenvalue weighted by atomic mass is 32.1. The number of carbonyl (C=O) groups excluding carboxylic acids is 1. The van der Waals surface area contributed by atoms with Gasteiger partial charge in [0.25, 0.3) is 0 Å². The maximum atomic E-state index is 11.5. The molecule has 0 aromatic heterocycles. The molecule has 2 N–H and O–H groups in total. The van der Waals surface area contributed by atoms with Gasteiger partial charge < -0.3 is 0 Å². The van der Waals surface area contributed by atoms with Gasteiger partial charge in [0.15, 0.2) is 0 Å². The lowest BCUT2D eigenvalue weighted by Crippen LogP contribution is -2.28. The van der Waals surface area contributed by atoms with E-state index in [4.69, 9.17) is 12.2 Å². The first-order chi connectivity index (χ1) is 6.20. The number of rotatable bonds is 3. The molecular weight excluding hydrogens is 186 g/mol. The standard InChI is InChI=1S/C8H13N3OS/c1-3-5(12)6-7(9-4-2)10-11-8(6)13/h6H,3-4H2,1-2H3,(H,9,10)(H,11,13). The molecule has 0 aromatic rings. The van der Waals surface area contributed by atoms with E-state index in [1.54, 1.807) is 0 Å². The maximum absolute atomic E-state index is 11.5. The summed E-state index contributed by atoms with van der Waals surface area (Å²) in [6.45, 7) is 4.40. The lowest BCUT2D eigenvalue weighted by molar-refractivity contribution is -0.119. The molecule has 1 saturated heterocycles. The number of nitrogens with zero attached hydrogens (tertiary/aromatic N) is 1. The highest BCUT2D eigenvalue weighted by Crippen LogP contribution is 2.09. The smallest absolute Gasteiger partial charge is 0.150 e. The third-order valence-corrected chi connectivity index (χ3v) is 2.19. The Balaban J connectivity index is 2.83. The number of aliphatic imine (C=N–C) groups is 1. The van der Waals surface area contributed by atoms with Crippen LogP contribution in [-0.2, 0) is 4.79 Å². The zero-order valence-corrected chi connectivity index (χ0v) is 8.57. The largest absolute Gasteiger partial charge is 0.298 e. The van der Waals surface area contributed by atoms with Crippen molar-refractivity contribution in [3.63, 3.8) is 0 Å². The fourth-order valence-corrected chi connectivity index (χ4v) is 1.49. The molecule has 0 spiro atoms. The molecule has 0 saturated carbocycles. The van der Waals surface area contributed by atoms with Gasteiger partial charge in [-0.2, -0.15) is 0 Å². The molecular formula is C8H13N3OS. The third-order valence-electron chi connectivity index (χ3n) is 1.85. The van der Waals surface area contributed by atoms with Crippen molar-refractivity contribution in [2.45, 2.75) is 20.3 Å². The molecule has 0 aliphatic carbocycles. The van der Waals surface area contributed by atoms with E-state index in [1.165, 1.54) is 0 Å². The van der Waals surface area contributed by atoms with Crippen molar-refractivity contribution in [2.24, 2.45) is 10.9 Å². The van der Waals surface area contributed by atoms with E-state index in [0.717, 1.165) is 0 Å². The van der Waals surface area contributed by atoms with Crippen molar-refractivity contribution >= 4 is 28.8 Å². The van der Waals surface area contributed by atoms with Crippen molar-refractivity contribution in [3.05, 3.63) is 0 Å². The predicted octanol–water partition coefficient (Wildman–Crippen LogP) is 0.435. The van der Waals surface area contributed by atoms with Crippen molar-refractivity contribution in [2.75, 3.05) is 6.54 Å². The predicted molar refractivity (Wildman–Crippen MR) is 55.6 cm³/mol. The minimum Gasteiger partial charge on any atom is -0.298 e. The molecule has 1 aliphatic heterocycles. The second kappa shape index (κ2) is 4.32. The summed E-state index contributed by atoms with van der Waals surface area (Å²) < 4.78 is 0. The SMILES string of the molecule is CC/N=C1/NNC(=S)C1C(=O)CC. The molecule has 5 heteroatoms. The zero-order chi connectivity index (χ0) is 9.84. The number of hydrogen-bond acceptors (Lipinski definition) is 3. The number of nitrogens with one attached hydrogen (secondary N) is 2. The third kappa shape index (κ3) is 2.03. The summed E-state index contributed by atoms with van der Waals surface area (Å²) >= 11 is 5.00. The van der Waals surface area contributed by atoms with Crippen LogP contribution in [0, 0.1) is 5.92 Å². The number of thiocarbonyl (C=S) groups is 1. The molecule has 1 unspecified atom stereocenters. The van der Waals surface area contributed by atoms with Crippen LogP contribution in [0.1, 0.15) is 20.3 Å². The second-order valence-electron chi connectivity index (χ2n) is 2.73. The van der Waals surface area contributed by atoms with E-state index in [9.17, 15) is 4.79 Å². The van der Waals surface area contributed by atoms with E-state index >= 15 is 0 Å². The monoisotopic (exact) mass is 199 g/mol. The number of Topliss-reactive ketones (excluding diaryl/α,β-unsaturated/α-hetero) is 1. The van der Waals surface area contributed by atoms with E-state index in [2.05, 4.69) is 15.8 Å². The number of carbonyl (C=O) groups is 1. The molecule has 1 rings (SSSR count). The lowest BCUT2D eigenvalue weighted by atomic mass is 10.0. The van der Waals surface area contributed by atoms with Gasteiger partial charge in [-0.05, 0) is 6.92 Å². The molecule has 0 radical (unpaired) electrons. The van der Waals surface area contributed by atoms with Gasteiger partial charge in [-0.1, -0.05) is 19.1 Å². The summed E-state index contributed by atoms with van der Waals surface area (Å²) in [7, 11) is 0. The van der Waals surface area contributed by atoms with Gasteiger partial charge in [0.05, 0.1) is 0 Å². The molecule has 1 heterocycles. The molecule has 13 heavy (non-hydrogen) atoms. The van der Waals surface area contributed by atoms with Gasteiger partial charge in [0.1, 0.15) is 22.5 Å². The first-order valence-corrected chi connectivity index (χ1v) is 4.74. The summed E-state index contributed by atoms with van der Waals surface area (Å²) in [5.41, 5.74) is 5.56. The fraction of sp³-hybridized carbons (Fsp3) is 0.625. The Bertz CT molecular complexity index is 262. The van der Waals surface area contributed by atoms with Crippen LogP contribution >= 0.6 is 12.2 Å². The summed E-state index contributed by atoms with van der Waals surface area (Å²) in [5, 5.41) is 0. The minimum atomic E-state index is -0.347. The molecule has 0 aromatic carbocycles. The minimum absolute atomic E-state index is 0.106. The van der Waals surface area contributed by atoms with Crippen LogP contribution in [0.25, 0.3) is 0 Å². The summed E-state index contributed by atoms with van der Waals surface area (Å²) in [5.74, 6) is 0.411. The first kappa shape index (κ1) is 10.1. The highest BCUT2D eigenvalue weighted by molar-refractivity contribution is 7.80. The quantitative estimate of drug-likeness (QED) is 0.647. The van der Waals surface area contributed by atoms with Gasteiger partial charge in [-0.15, -0.1) is 0 Å². The van der Waals surface area contributed by atoms with Crippen LogP contribution in [0.3, 0.4) is 0 Å². The first-order valence-electron chi connectivity index (χ1n) is 4.33. The van der Waals surface area contributed by atoms with Gasteiger partial charge in [0, 0.05) is 13.0 Å². The fourth-order valence-electron chi connectivity index (χ4n) is 1.20. The average molecular weight is 199 g/mol. The van der Waals surface area contributed by atoms with Crippen molar-refractivity contribution in [1.29, 1.82) is 0 Å². The summed E-state index contributed by atoms with van der Waals surface area (Å²) in [6.07, 6.45) is 0.483. The Morgan fingerprint density at radius 1 is 1.54 bits per heavy atom. The maximum Gasteiger partial charge on any atom is 0.150 e. The molecule has 72 valence electrons. The van der Waals surface area contributed by atoms with Crippen LogP contribution in [0.2, 0.25) is 0 Å². The van der Waals surface area contributed by atoms with E-state index in [1.807, 2.05) is 13.8 Å². The van der Waals surface area contributed by atoms with Gasteiger partial charge in [-0.25, -0.2) is 0 Å². The van der Waals surface area contributed by atoms with Crippen LogP contribution in [-0.4, -0.2) is 23.2 Å². The topological polar surface area (TPSA) is 53.5 Å². The van der Waals surface area contributed by atoms with Crippen LogP contribution < -0.4 is 10.9 Å². The van der Waals surface area contributed by atoms with Crippen LogP contribution in [0.5, 0.6) is 0 Å². The van der Waals surface area contributed by atoms with Crippen LogP contribution in [0.15, 0.2) is 4.99 Å². The molecule has 0 bridgehead atoms. The van der Waals surface area contributed by atoms with Gasteiger partial charge in [-0.3, -0.25) is 20.6 Å². The summed E-state index contributed by atoms with van der Waals surface area (Å²) in [6, 6.07) is 0. The molecule has 1 atom stereocenters. The van der Waals surface area contributed by atoms with E-state index < -0.39 is 0 Å². The zero-order valence-electron chi connectivity index (χ0n) is 7.76. The molecule has 4 nitrogen and oxygen atoms in total. The molecule has 1 fully saturated rings. The Kier molecular flexibility index (Phi) is 3.36.